The van der Waals surface area contributed by atoms with Gasteiger partial charge in [0.2, 0.25) is 0 Å². The lowest BCUT2D eigenvalue weighted by Crippen LogP contribution is -2.46. The molecule has 0 atom stereocenters. The molecule has 4 rings (SSSR count). The van der Waals surface area contributed by atoms with Crippen LogP contribution in [-0.4, -0.2) is 38.2 Å². The highest BCUT2D eigenvalue weighted by Gasteiger charge is 2.31. The third-order valence-electron chi connectivity index (χ3n) is 5.33. The highest BCUT2D eigenvalue weighted by molar-refractivity contribution is 5.58. The molecule has 0 bridgehead atoms. The van der Waals surface area contributed by atoms with Crippen LogP contribution in [0.2, 0.25) is 0 Å². The summed E-state index contributed by atoms with van der Waals surface area (Å²) < 4.78 is 50.0. The molecule has 30 heavy (non-hydrogen) atoms. The normalized spacial score (nSPS) is 15.4. The number of benzene rings is 2. The van der Waals surface area contributed by atoms with Crippen LogP contribution in [0.25, 0.3) is 11.3 Å². The number of furan rings is 1. The molecule has 3 aromatic rings. The van der Waals surface area contributed by atoms with Crippen molar-refractivity contribution < 1.29 is 22.3 Å². The van der Waals surface area contributed by atoms with Crippen molar-refractivity contribution in [1.82, 2.24) is 4.90 Å². The van der Waals surface area contributed by atoms with E-state index in [0.717, 1.165) is 42.0 Å². The van der Waals surface area contributed by atoms with Crippen molar-refractivity contribution in [2.45, 2.75) is 12.7 Å². The van der Waals surface area contributed by atoms with Gasteiger partial charge in [0.25, 0.3) is 0 Å². The minimum Gasteiger partial charge on any atom is -0.497 e. The molecule has 0 saturated carbocycles. The largest absolute Gasteiger partial charge is 0.497 e. The minimum atomic E-state index is -4.32. The zero-order chi connectivity index (χ0) is 21.1. The van der Waals surface area contributed by atoms with E-state index in [1.54, 1.807) is 13.2 Å². The molecule has 4 nitrogen and oxygen atoms in total. The predicted octanol–water partition coefficient (Wildman–Crippen LogP) is 5.30. The van der Waals surface area contributed by atoms with E-state index in [1.807, 2.05) is 41.3 Å². The fourth-order valence-electron chi connectivity index (χ4n) is 3.64. The number of alkyl halides is 3. The molecular weight excluding hydrogens is 393 g/mol. The van der Waals surface area contributed by atoms with Crippen molar-refractivity contribution in [2.24, 2.45) is 0 Å². The van der Waals surface area contributed by atoms with Gasteiger partial charge in [-0.1, -0.05) is 6.07 Å². The molecule has 1 aliphatic rings. The Morgan fingerprint density at radius 3 is 2.33 bits per heavy atom. The van der Waals surface area contributed by atoms with Crippen LogP contribution in [0.3, 0.4) is 0 Å². The fourth-order valence-corrected chi connectivity index (χ4v) is 3.64. The van der Waals surface area contributed by atoms with Crippen molar-refractivity contribution in [3.8, 4) is 17.1 Å². The number of hydrogen-bond donors (Lipinski definition) is 0. The second-order valence-electron chi connectivity index (χ2n) is 7.31. The van der Waals surface area contributed by atoms with Crippen LogP contribution in [-0.2, 0) is 12.7 Å². The highest BCUT2D eigenvalue weighted by atomic mass is 19.4. The summed E-state index contributed by atoms with van der Waals surface area (Å²) in [6.07, 6.45) is -4.32. The summed E-state index contributed by atoms with van der Waals surface area (Å²) >= 11 is 0. The van der Waals surface area contributed by atoms with Gasteiger partial charge in [-0.05, 0) is 54.6 Å². The summed E-state index contributed by atoms with van der Waals surface area (Å²) in [6.45, 7) is 3.54. The Balaban J connectivity index is 1.35. The second-order valence-corrected chi connectivity index (χ2v) is 7.31. The average molecular weight is 416 g/mol. The van der Waals surface area contributed by atoms with Gasteiger partial charge < -0.3 is 14.1 Å². The van der Waals surface area contributed by atoms with Crippen LogP contribution in [0.4, 0.5) is 18.9 Å². The molecule has 0 radical (unpaired) electrons. The van der Waals surface area contributed by atoms with E-state index in [-0.39, 0.29) is 0 Å². The molecule has 0 unspecified atom stereocenters. The molecular formula is C23H23F3N2O2. The van der Waals surface area contributed by atoms with Gasteiger partial charge in [-0.15, -0.1) is 0 Å². The van der Waals surface area contributed by atoms with Crippen LogP contribution in [0.15, 0.2) is 65.1 Å². The predicted molar refractivity (Wildman–Crippen MR) is 110 cm³/mol. The van der Waals surface area contributed by atoms with Crippen molar-refractivity contribution >= 4 is 5.69 Å². The van der Waals surface area contributed by atoms with E-state index in [0.29, 0.717) is 25.3 Å². The minimum absolute atomic E-state index is 0.607. The maximum atomic E-state index is 13.0. The maximum absolute atomic E-state index is 13.0. The van der Waals surface area contributed by atoms with E-state index in [2.05, 4.69) is 4.90 Å². The van der Waals surface area contributed by atoms with Gasteiger partial charge in [-0.2, -0.15) is 13.2 Å². The number of piperazine rings is 1. The van der Waals surface area contributed by atoms with Crippen LogP contribution >= 0.6 is 0 Å². The monoisotopic (exact) mass is 416 g/mol. The van der Waals surface area contributed by atoms with Crippen molar-refractivity contribution in [2.75, 3.05) is 38.2 Å². The Labute approximate surface area is 173 Å². The van der Waals surface area contributed by atoms with Crippen molar-refractivity contribution in [3.05, 3.63) is 72.0 Å². The summed E-state index contributed by atoms with van der Waals surface area (Å²) in [7, 11) is 1.63. The van der Waals surface area contributed by atoms with Crippen LogP contribution in [0.5, 0.6) is 5.75 Å². The summed E-state index contributed by atoms with van der Waals surface area (Å²) in [5.74, 6) is 2.47. The van der Waals surface area contributed by atoms with E-state index >= 15 is 0 Å². The van der Waals surface area contributed by atoms with Crippen LogP contribution in [0, 0.1) is 0 Å². The zero-order valence-corrected chi connectivity index (χ0v) is 16.7. The molecule has 0 spiro atoms. The number of rotatable bonds is 5. The number of halogens is 3. The van der Waals surface area contributed by atoms with Crippen LogP contribution < -0.4 is 9.64 Å². The SMILES string of the molecule is COc1ccc(-c2ccc(CN3CCN(c4cccc(C(F)(F)F)c4)CC3)o2)cc1. The lowest BCUT2D eigenvalue weighted by atomic mass is 10.1. The lowest BCUT2D eigenvalue weighted by molar-refractivity contribution is -0.137. The van der Waals surface area contributed by atoms with Gasteiger partial charge in [0, 0.05) is 37.4 Å². The van der Waals surface area contributed by atoms with Gasteiger partial charge in [0.1, 0.15) is 17.3 Å². The van der Waals surface area contributed by atoms with Crippen molar-refractivity contribution in [1.29, 1.82) is 0 Å². The molecule has 1 fully saturated rings. The summed E-state index contributed by atoms with van der Waals surface area (Å²) in [6, 6.07) is 17.2. The summed E-state index contributed by atoms with van der Waals surface area (Å²) in [5, 5.41) is 0. The Morgan fingerprint density at radius 1 is 0.933 bits per heavy atom. The van der Waals surface area contributed by atoms with E-state index < -0.39 is 11.7 Å². The van der Waals surface area contributed by atoms with Gasteiger partial charge in [0.15, 0.2) is 0 Å². The summed E-state index contributed by atoms with van der Waals surface area (Å²) in [5.41, 5.74) is 0.991. The Morgan fingerprint density at radius 2 is 1.67 bits per heavy atom. The van der Waals surface area contributed by atoms with E-state index in [1.165, 1.54) is 12.1 Å². The smallest absolute Gasteiger partial charge is 0.416 e. The fraction of sp³-hybridized carbons (Fsp3) is 0.304. The zero-order valence-electron chi connectivity index (χ0n) is 16.7. The topological polar surface area (TPSA) is 28.9 Å². The van der Waals surface area contributed by atoms with Crippen LogP contribution in [0.1, 0.15) is 11.3 Å². The Hall–Kier alpha value is -2.93. The quantitative estimate of drug-likeness (QED) is 0.565. The maximum Gasteiger partial charge on any atom is 0.416 e. The van der Waals surface area contributed by atoms with Gasteiger partial charge in [-0.25, -0.2) is 0 Å². The van der Waals surface area contributed by atoms with E-state index in [9.17, 15) is 13.2 Å². The standard InChI is InChI=1S/C23H23F3N2O2/c1-29-20-7-5-17(6-8-20)22-10-9-21(30-22)16-27-11-13-28(14-12-27)19-4-2-3-18(15-19)23(24,25)26/h2-10,15H,11-14,16H2,1H3. The third kappa shape index (κ3) is 4.62. The first-order chi connectivity index (χ1) is 14.4. The molecule has 1 saturated heterocycles. The third-order valence-corrected chi connectivity index (χ3v) is 5.33. The van der Waals surface area contributed by atoms with Gasteiger partial charge in [-0.3, -0.25) is 4.90 Å². The molecule has 0 aliphatic carbocycles. The Kier molecular flexibility index (Phi) is 5.72. The average Bonchev–Trinajstić information content (AvgIpc) is 3.22. The number of ether oxygens (including phenoxy) is 1. The van der Waals surface area contributed by atoms with Gasteiger partial charge in [0.05, 0.1) is 19.2 Å². The summed E-state index contributed by atoms with van der Waals surface area (Å²) in [4.78, 5) is 4.25. The first kappa shape index (κ1) is 20.3. The molecule has 0 N–H and O–H groups in total. The number of hydrogen-bond acceptors (Lipinski definition) is 4. The molecule has 2 heterocycles. The first-order valence-corrected chi connectivity index (χ1v) is 9.80. The molecule has 158 valence electrons. The first-order valence-electron chi connectivity index (χ1n) is 9.80. The molecule has 7 heteroatoms. The number of anilines is 1. The number of methoxy groups -OCH3 is 1. The van der Waals surface area contributed by atoms with Gasteiger partial charge >= 0.3 is 6.18 Å². The van der Waals surface area contributed by atoms with E-state index in [4.69, 9.17) is 9.15 Å². The molecule has 0 amide bonds. The number of nitrogens with zero attached hydrogens (tertiary/aromatic N) is 2. The molecule has 1 aliphatic heterocycles. The molecule has 2 aromatic carbocycles. The lowest BCUT2D eigenvalue weighted by Gasteiger charge is -2.35. The Bertz CT molecular complexity index is 975. The van der Waals surface area contributed by atoms with Crippen molar-refractivity contribution in [3.63, 3.8) is 0 Å². The molecule has 1 aromatic heterocycles. The highest BCUT2D eigenvalue weighted by Crippen LogP contribution is 2.32. The second kappa shape index (κ2) is 8.44.